The molecule has 3 saturated heterocycles. The van der Waals surface area contributed by atoms with E-state index in [4.69, 9.17) is 18.9 Å². The monoisotopic (exact) mass is 629 g/mol. The summed E-state index contributed by atoms with van der Waals surface area (Å²) in [4.78, 5) is 41.9. The van der Waals surface area contributed by atoms with Crippen molar-refractivity contribution in [2.45, 2.75) is 51.1 Å². The topological polar surface area (TPSA) is 127 Å². The maximum atomic E-state index is 13.2. The summed E-state index contributed by atoms with van der Waals surface area (Å²) in [7, 11) is 0. The summed E-state index contributed by atoms with van der Waals surface area (Å²) < 4.78 is 23.9. The first-order valence-corrected chi connectivity index (χ1v) is 15.6. The fourth-order valence-corrected chi connectivity index (χ4v) is 6.07. The van der Waals surface area contributed by atoms with Crippen molar-refractivity contribution in [2.24, 2.45) is 5.92 Å². The van der Waals surface area contributed by atoms with E-state index in [-0.39, 0.29) is 37.8 Å². The zero-order valence-electron chi connectivity index (χ0n) is 25.7. The number of benzene rings is 3. The summed E-state index contributed by atoms with van der Waals surface area (Å²) in [5.41, 5.74) is 3.78. The Morgan fingerprint density at radius 1 is 0.913 bits per heavy atom. The van der Waals surface area contributed by atoms with Crippen LogP contribution in [-0.4, -0.2) is 72.9 Å². The Balaban J connectivity index is 1.14. The van der Waals surface area contributed by atoms with Crippen molar-refractivity contribution in [2.75, 3.05) is 37.7 Å². The first-order valence-electron chi connectivity index (χ1n) is 15.6. The van der Waals surface area contributed by atoms with Crippen LogP contribution in [0.1, 0.15) is 48.0 Å². The number of rotatable bonds is 9. The van der Waals surface area contributed by atoms with Gasteiger partial charge in [-0.1, -0.05) is 73.7 Å². The molecule has 0 aliphatic carbocycles. The zero-order valence-corrected chi connectivity index (χ0v) is 25.7. The molecule has 3 amide bonds. The maximum absolute atomic E-state index is 13.2. The molecule has 11 nitrogen and oxygen atoms in total. The molecule has 3 aromatic carbocycles. The van der Waals surface area contributed by atoms with Crippen LogP contribution in [0.5, 0.6) is 0 Å². The second-order valence-corrected chi connectivity index (χ2v) is 11.9. The van der Waals surface area contributed by atoms with E-state index in [9.17, 15) is 19.5 Å². The van der Waals surface area contributed by atoms with Crippen molar-refractivity contribution in [3.05, 3.63) is 101 Å². The number of aliphatic hydroxyl groups excluding tert-OH is 1. The fraction of sp³-hybridized carbons (Fsp3) is 0.400. The van der Waals surface area contributed by atoms with Crippen LogP contribution in [0, 0.1) is 5.92 Å². The van der Waals surface area contributed by atoms with Crippen molar-refractivity contribution in [3.63, 3.8) is 0 Å². The van der Waals surface area contributed by atoms with E-state index in [0.29, 0.717) is 18.9 Å². The van der Waals surface area contributed by atoms with E-state index in [1.807, 2.05) is 54.6 Å². The van der Waals surface area contributed by atoms with Gasteiger partial charge in [0.25, 0.3) is 5.91 Å². The van der Waals surface area contributed by atoms with Gasteiger partial charge in [0.15, 0.2) is 6.29 Å². The number of hydrogen-bond donors (Lipinski definition) is 2. The normalized spacial score (nSPS) is 25.4. The van der Waals surface area contributed by atoms with Crippen LogP contribution in [0.3, 0.4) is 0 Å². The zero-order chi connectivity index (χ0) is 32.0. The average molecular weight is 630 g/mol. The first-order chi connectivity index (χ1) is 22.4. The molecule has 0 radical (unpaired) electrons. The standard InChI is InChI=1S/C35H39N3O8/c1-23-30(20-37-15-17-43-18-16-37)45-34(46-32(23)26-9-7-24(21-39)8-10-26)27-11-13-28(14-12-27)38-31(40)19-29(33(38)41)36-35(42)44-22-25-5-3-2-4-6-25/h2-14,23,29-30,32,34,39H,15-22H2,1H3,(H,36,42)/t23-,29?,30+,32+,34+/m1/s1. The highest BCUT2D eigenvalue weighted by molar-refractivity contribution is 6.22. The van der Waals surface area contributed by atoms with Crippen LogP contribution in [0.4, 0.5) is 10.5 Å². The third-order valence-electron chi connectivity index (χ3n) is 8.74. The number of carbonyl (C=O) groups excluding carboxylic acids is 3. The molecule has 46 heavy (non-hydrogen) atoms. The maximum Gasteiger partial charge on any atom is 0.408 e. The lowest BCUT2D eigenvalue weighted by Gasteiger charge is -2.43. The van der Waals surface area contributed by atoms with Crippen LogP contribution in [0.25, 0.3) is 0 Å². The van der Waals surface area contributed by atoms with Gasteiger partial charge in [-0.2, -0.15) is 0 Å². The molecule has 5 atom stereocenters. The molecule has 3 fully saturated rings. The van der Waals surface area contributed by atoms with E-state index in [2.05, 4.69) is 17.1 Å². The van der Waals surface area contributed by atoms with Gasteiger partial charge < -0.3 is 29.4 Å². The van der Waals surface area contributed by atoms with E-state index in [0.717, 1.165) is 46.8 Å². The molecule has 11 heteroatoms. The highest BCUT2D eigenvalue weighted by Gasteiger charge is 2.42. The number of alkyl carbamates (subject to hydrolysis) is 1. The van der Waals surface area contributed by atoms with Crippen molar-refractivity contribution in [1.82, 2.24) is 10.2 Å². The van der Waals surface area contributed by atoms with Gasteiger partial charge >= 0.3 is 6.09 Å². The minimum Gasteiger partial charge on any atom is -0.445 e. The molecule has 0 spiro atoms. The summed E-state index contributed by atoms with van der Waals surface area (Å²) in [5, 5.41) is 12.0. The highest BCUT2D eigenvalue weighted by atomic mass is 16.7. The van der Waals surface area contributed by atoms with Crippen LogP contribution in [-0.2, 0) is 41.8 Å². The third-order valence-corrected chi connectivity index (χ3v) is 8.74. The molecule has 3 heterocycles. The Kier molecular flexibility index (Phi) is 10.1. The number of anilines is 1. The number of aliphatic hydroxyl groups is 1. The molecule has 0 aromatic heterocycles. The van der Waals surface area contributed by atoms with E-state index in [1.165, 1.54) is 0 Å². The molecule has 3 aromatic rings. The Hall–Kier alpha value is -4.13. The molecule has 242 valence electrons. The smallest absolute Gasteiger partial charge is 0.408 e. The Morgan fingerprint density at radius 2 is 1.61 bits per heavy atom. The molecular weight excluding hydrogens is 590 g/mol. The lowest BCUT2D eigenvalue weighted by molar-refractivity contribution is -0.277. The van der Waals surface area contributed by atoms with Gasteiger partial charge in [-0.15, -0.1) is 0 Å². The van der Waals surface area contributed by atoms with Crippen molar-refractivity contribution < 1.29 is 38.4 Å². The van der Waals surface area contributed by atoms with Gasteiger partial charge in [-0.05, 0) is 28.8 Å². The van der Waals surface area contributed by atoms with Gasteiger partial charge in [0.2, 0.25) is 5.91 Å². The summed E-state index contributed by atoms with van der Waals surface area (Å²) in [6, 6.07) is 22.9. The predicted octanol–water partition coefficient (Wildman–Crippen LogP) is 3.86. The molecule has 3 aliphatic rings. The first kappa shape index (κ1) is 31.8. The molecule has 2 N–H and O–H groups in total. The van der Waals surface area contributed by atoms with Gasteiger partial charge in [-0.3, -0.25) is 14.5 Å². The number of amides is 3. The van der Waals surface area contributed by atoms with E-state index in [1.54, 1.807) is 24.3 Å². The van der Waals surface area contributed by atoms with Gasteiger partial charge in [0.05, 0.1) is 44.1 Å². The van der Waals surface area contributed by atoms with Crippen LogP contribution in [0.15, 0.2) is 78.9 Å². The number of morpholine rings is 1. The van der Waals surface area contributed by atoms with Crippen LogP contribution < -0.4 is 10.2 Å². The SMILES string of the molecule is C[C@@H]1[C@H](CN2CCOCC2)O[C@H](c2ccc(N3C(=O)CC(NC(=O)OCc4ccccc4)C3=O)cc2)O[C@@H]1c1ccc(CO)cc1. The number of ether oxygens (including phenoxy) is 4. The van der Waals surface area contributed by atoms with Crippen molar-refractivity contribution in [1.29, 1.82) is 0 Å². The minimum atomic E-state index is -1.01. The van der Waals surface area contributed by atoms with Gasteiger partial charge in [-0.25, -0.2) is 9.69 Å². The Bertz CT molecular complexity index is 1490. The summed E-state index contributed by atoms with van der Waals surface area (Å²) in [6.45, 7) is 5.92. The quantitative estimate of drug-likeness (QED) is 0.339. The summed E-state index contributed by atoms with van der Waals surface area (Å²) in [6.07, 6.45) is -1.99. The fourth-order valence-electron chi connectivity index (χ4n) is 6.07. The molecule has 1 unspecified atom stereocenters. The Morgan fingerprint density at radius 3 is 2.30 bits per heavy atom. The van der Waals surface area contributed by atoms with Crippen molar-refractivity contribution in [3.8, 4) is 0 Å². The molecule has 3 aliphatic heterocycles. The Labute approximate surface area is 268 Å². The molecule has 6 rings (SSSR count). The lowest BCUT2D eigenvalue weighted by Crippen LogP contribution is -2.47. The minimum absolute atomic E-state index is 0.0315. The average Bonchev–Trinajstić information content (AvgIpc) is 3.37. The molecule has 0 saturated carbocycles. The van der Waals surface area contributed by atoms with Gasteiger partial charge in [0.1, 0.15) is 12.6 Å². The third kappa shape index (κ3) is 7.30. The number of imide groups is 1. The van der Waals surface area contributed by atoms with Gasteiger partial charge in [0, 0.05) is 31.1 Å². The molecule has 0 bridgehead atoms. The lowest BCUT2D eigenvalue weighted by atomic mass is 9.90. The van der Waals surface area contributed by atoms with Crippen LogP contribution in [0.2, 0.25) is 0 Å². The number of hydrogen-bond acceptors (Lipinski definition) is 9. The number of nitrogens with zero attached hydrogens (tertiary/aromatic N) is 2. The predicted molar refractivity (Wildman–Crippen MR) is 167 cm³/mol. The van der Waals surface area contributed by atoms with E-state index < -0.39 is 30.2 Å². The second-order valence-electron chi connectivity index (χ2n) is 11.9. The number of carbonyl (C=O) groups is 3. The van der Waals surface area contributed by atoms with E-state index >= 15 is 0 Å². The second kappa shape index (κ2) is 14.5. The molecular formula is C35H39N3O8. The van der Waals surface area contributed by atoms with Crippen molar-refractivity contribution >= 4 is 23.6 Å². The largest absolute Gasteiger partial charge is 0.445 e. The summed E-state index contributed by atoms with van der Waals surface area (Å²) >= 11 is 0. The summed E-state index contributed by atoms with van der Waals surface area (Å²) in [5.74, 6) is -0.894. The van der Waals surface area contributed by atoms with Crippen LogP contribution >= 0.6 is 0 Å². The number of nitrogens with one attached hydrogen (secondary N) is 1. The highest BCUT2D eigenvalue weighted by Crippen LogP contribution is 2.42.